The molecule has 0 saturated heterocycles. The Labute approximate surface area is 202 Å². The largest absolute Gasteiger partial charge is 0.494 e. The molecule has 6 nitrogen and oxygen atoms in total. The minimum Gasteiger partial charge on any atom is -0.494 e. The Balaban J connectivity index is 1.62. The van der Waals surface area contributed by atoms with Crippen LogP contribution >= 0.6 is 0 Å². The Morgan fingerprint density at radius 2 is 1.97 bits per heavy atom. The summed E-state index contributed by atoms with van der Waals surface area (Å²) in [6.45, 7) is 2.94. The number of nitrogens with zero attached hydrogens (tertiary/aromatic N) is 3. The van der Waals surface area contributed by atoms with Crippen molar-refractivity contribution in [1.29, 1.82) is 5.26 Å². The van der Waals surface area contributed by atoms with Crippen molar-refractivity contribution in [1.82, 2.24) is 9.55 Å². The molecule has 0 spiro atoms. The van der Waals surface area contributed by atoms with Gasteiger partial charge in [0.25, 0.3) is 0 Å². The highest BCUT2D eigenvalue weighted by atomic mass is 19.1. The molecule has 0 bridgehead atoms. The number of hydrogen-bond acceptors (Lipinski definition) is 5. The van der Waals surface area contributed by atoms with Crippen LogP contribution in [0.2, 0.25) is 0 Å². The zero-order valence-electron chi connectivity index (χ0n) is 19.8. The Morgan fingerprint density at radius 1 is 1.14 bits per heavy atom. The van der Waals surface area contributed by atoms with Crippen molar-refractivity contribution in [2.24, 2.45) is 0 Å². The lowest BCUT2D eigenvalue weighted by molar-refractivity contribution is 0.175. The highest BCUT2D eigenvalue weighted by Gasteiger charge is 2.23. The van der Waals surface area contributed by atoms with E-state index in [0.717, 1.165) is 44.9 Å². The number of rotatable bonds is 5. The molecule has 0 amide bonds. The number of para-hydroxylation sites is 1. The van der Waals surface area contributed by atoms with Gasteiger partial charge in [-0.25, -0.2) is 9.37 Å². The van der Waals surface area contributed by atoms with Crippen LogP contribution in [0.5, 0.6) is 11.5 Å². The first kappa shape index (κ1) is 22.6. The maximum Gasteiger partial charge on any atom is 0.144 e. The molecular weight excluding hydrogens is 445 g/mol. The monoisotopic (exact) mass is 469 g/mol. The van der Waals surface area contributed by atoms with Crippen LogP contribution < -0.4 is 9.47 Å². The fourth-order valence-corrected chi connectivity index (χ4v) is 4.65. The second kappa shape index (κ2) is 9.24. The van der Waals surface area contributed by atoms with E-state index in [0.29, 0.717) is 30.0 Å². The number of fused-ring (bicyclic) bond motifs is 3. The molecule has 0 fully saturated rings. The number of nitriles is 1. The molecule has 3 aromatic carbocycles. The fourth-order valence-electron chi connectivity index (χ4n) is 4.65. The Morgan fingerprint density at radius 3 is 2.74 bits per heavy atom. The summed E-state index contributed by atoms with van der Waals surface area (Å²) in [5.74, 6) is 1.58. The van der Waals surface area contributed by atoms with E-state index in [4.69, 9.17) is 19.2 Å². The van der Waals surface area contributed by atoms with Crippen LogP contribution in [0.25, 0.3) is 16.6 Å². The number of allylic oxidation sites excluding steroid dienone is 1. The molecule has 0 saturated carbocycles. The Hall–Kier alpha value is -4.15. The molecule has 0 N–H and O–H groups in total. The van der Waals surface area contributed by atoms with Crippen molar-refractivity contribution in [2.45, 2.75) is 26.7 Å². The first-order chi connectivity index (χ1) is 17.0. The summed E-state index contributed by atoms with van der Waals surface area (Å²) < 4.78 is 33.1. The van der Waals surface area contributed by atoms with Gasteiger partial charge >= 0.3 is 0 Å². The minimum atomic E-state index is -0.379. The van der Waals surface area contributed by atoms with E-state index >= 15 is 0 Å². The number of aromatic nitrogens is 2. The molecule has 7 heteroatoms. The van der Waals surface area contributed by atoms with E-state index in [2.05, 4.69) is 16.7 Å². The standard InChI is InChI=1S/C28H24FN3O3/c1-17(13-30)27-21-9-7-18(11-19(21)15-35-25-12-20(29)8-10-22(25)27)14-32-26(16-33-2)31-23-5-4-6-24(34-3)28(23)32/h4-12H,14-16H2,1-3H3/b27-17-. The average molecular weight is 470 g/mol. The van der Waals surface area contributed by atoms with E-state index in [1.54, 1.807) is 27.2 Å². The first-order valence-electron chi connectivity index (χ1n) is 11.2. The van der Waals surface area contributed by atoms with Gasteiger partial charge in [-0.3, -0.25) is 0 Å². The van der Waals surface area contributed by atoms with Gasteiger partial charge in [-0.2, -0.15) is 5.26 Å². The van der Waals surface area contributed by atoms with Gasteiger partial charge < -0.3 is 18.8 Å². The summed E-state index contributed by atoms with van der Waals surface area (Å²) in [6, 6.07) is 18.6. The lowest BCUT2D eigenvalue weighted by atomic mass is 9.90. The molecule has 0 aliphatic carbocycles. The van der Waals surface area contributed by atoms with Crippen molar-refractivity contribution in [2.75, 3.05) is 14.2 Å². The molecule has 1 aliphatic rings. The van der Waals surface area contributed by atoms with Gasteiger partial charge in [0, 0.05) is 36.4 Å². The number of imidazole rings is 1. The highest BCUT2D eigenvalue weighted by molar-refractivity contribution is 5.88. The van der Waals surface area contributed by atoms with Gasteiger partial charge in [0.2, 0.25) is 0 Å². The smallest absolute Gasteiger partial charge is 0.144 e. The normalized spacial score (nSPS) is 13.9. The zero-order chi connectivity index (χ0) is 24.5. The molecule has 1 aromatic heterocycles. The van der Waals surface area contributed by atoms with E-state index in [-0.39, 0.29) is 12.4 Å². The summed E-state index contributed by atoms with van der Waals surface area (Å²) in [7, 11) is 3.29. The number of benzene rings is 3. The van der Waals surface area contributed by atoms with Crippen LogP contribution in [0.3, 0.4) is 0 Å². The first-order valence-corrected chi connectivity index (χ1v) is 11.2. The van der Waals surface area contributed by atoms with E-state index in [1.807, 2.05) is 30.3 Å². The molecule has 4 aromatic rings. The summed E-state index contributed by atoms with van der Waals surface area (Å²) >= 11 is 0. The molecular formula is C28H24FN3O3. The van der Waals surface area contributed by atoms with Crippen LogP contribution in [-0.4, -0.2) is 23.8 Å². The maximum atomic E-state index is 13.9. The number of ether oxygens (including phenoxy) is 3. The minimum absolute atomic E-state index is 0.265. The molecule has 0 unspecified atom stereocenters. The van der Waals surface area contributed by atoms with E-state index < -0.39 is 0 Å². The van der Waals surface area contributed by atoms with Gasteiger partial charge in [-0.05, 0) is 53.9 Å². The number of halogens is 1. The highest BCUT2D eigenvalue weighted by Crippen LogP contribution is 2.39. The van der Waals surface area contributed by atoms with Gasteiger partial charge in [-0.15, -0.1) is 0 Å². The van der Waals surface area contributed by atoms with Crippen LogP contribution in [0.15, 0.2) is 60.2 Å². The molecule has 0 radical (unpaired) electrons. The Kier molecular flexibility index (Phi) is 5.98. The number of methoxy groups -OCH3 is 2. The molecule has 1 aliphatic heterocycles. The average Bonchev–Trinajstić information content (AvgIpc) is 3.12. The van der Waals surface area contributed by atoms with Gasteiger partial charge in [0.1, 0.15) is 41.9 Å². The fraction of sp³-hybridized carbons (Fsp3) is 0.214. The summed E-state index contributed by atoms with van der Waals surface area (Å²) in [6.07, 6.45) is 0. The van der Waals surface area contributed by atoms with Crippen molar-refractivity contribution in [3.63, 3.8) is 0 Å². The van der Waals surface area contributed by atoms with Crippen LogP contribution in [-0.2, 0) is 24.5 Å². The number of hydrogen-bond donors (Lipinski definition) is 0. The predicted molar refractivity (Wildman–Crippen MR) is 131 cm³/mol. The summed E-state index contributed by atoms with van der Waals surface area (Å²) in [5, 5.41) is 9.68. The zero-order valence-corrected chi connectivity index (χ0v) is 19.8. The van der Waals surface area contributed by atoms with Crippen LogP contribution in [0.1, 0.15) is 35.0 Å². The molecule has 35 heavy (non-hydrogen) atoms. The molecule has 2 heterocycles. The molecule has 5 rings (SSSR count). The van der Waals surface area contributed by atoms with Gasteiger partial charge in [0.15, 0.2) is 0 Å². The predicted octanol–water partition coefficient (Wildman–Crippen LogP) is 5.62. The lowest BCUT2D eigenvalue weighted by Crippen LogP contribution is -2.08. The second-order valence-corrected chi connectivity index (χ2v) is 8.41. The van der Waals surface area contributed by atoms with Crippen molar-refractivity contribution >= 4 is 16.6 Å². The third-order valence-electron chi connectivity index (χ3n) is 6.22. The molecule has 0 atom stereocenters. The SMILES string of the molecule is COCc1nc2cccc(OC)c2n1Cc1ccc2c(c1)COc1cc(F)ccc1/C2=C(/C)C#N. The quantitative estimate of drug-likeness (QED) is 0.355. The van der Waals surface area contributed by atoms with Crippen LogP contribution in [0.4, 0.5) is 4.39 Å². The summed E-state index contributed by atoms with van der Waals surface area (Å²) in [5.41, 5.74) is 6.61. The summed E-state index contributed by atoms with van der Waals surface area (Å²) in [4.78, 5) is 4.75. The third-order valence-corrected chi connectivity index (χ3v) is 6.22. The molecule has 176 valence electrons. The van der Waals surface area contributed by atoms with Gasteiger partial charge in [0.05, 0.1) is 18.7 Å². The lowest BCUT2D eigenvalue weighted by Gasteiger charge is -2.15. The van der Waals surface area contributed by atoms with E-state index in [1.165, 1.54) is 12.1 Å². The van der Waals surface area contributed by atoms with Gasteiger partial charge in [-0.1, -0.05) is 18.2 Å². The second-order valence-electron chi connectivity index (χ2n) is 8.41. The van der Waals surface area contributed by atoms with E-state index in [9.17, 15) is 9.65 Å². The van der Waals surface area contributed by atoms with Crippen molar-refractivity contribution < 1.29 is 18.6 Å². The van der Waals surface area contributed by atoms with Crippen molar-refractivity contribution in [3.05, 3.63) is 94.1 Å². The third kappa shape index (κ3) is 4.02. The maximum absolute atomic E-state index is 13.9. The van der Waals surface area contributed by atoms with Crippen molar-refractivity contribution in [3.8, 4) is 17.6 Å². The van der Waals surface area contributed by atoms with Crippen LogP contribution in [0, 0.1) is 17.1 Å². The topological polar surface area (TPSA) is 69.3 Å². The Bertz CT molecular complexity index is 1510.